The second kappa shape index (κ2) is 7.46. The van der Waals surface area contributed by atoms with E-state index in [1.54, 1.807) is 12.1 Å². The molecule has 2 rings (SSSR count). The first-order chi connectivity index (χ1) is 10.7. The van der Waals surface area contributed by atoms with Gasteiger partial charge in [0, 0.05) is 13.6 Å². The molecule has 0 saturated heterocycles. The zero-order valence-electron chi connectivity index (χ0n) is 13.1. The van der Waals surface area contributed by atoms with E-state index in [-0.39, 0.29) is 5.97 Å². The van der Waals surface area contributed by atoms with E-state index >= 15 is 0 Å². The molecule has 2 aromatic rings. The first-order valence-electron chi connectivity index (χ1n) is 7.38. The molecule has 0 aliphatic carbocycles. The van der Waals surface area contributed by atoms with Gasteiger partial charge in [-0.1, -0.05) is 37.3 Å². The van der Waals surface area contributed by atoms with Gasteiger partial charge in [0.25, 0.3) is 0 Å². The highest BCUT2D eigenvalue weighted by Crippen LogP contribution is 2.30. The number of ether oxygens (including phenoxy) is 1. The molecule has 3 heteroatoms. The van der Waals surface area contributed by atoms with Gasteiger partial charge in [-0.3, -0.25) is 0 Å². The number of aryl methyl sites for hydroxylation is 1. The predicted octanol–water partition coefficient (Wildman–Crippen LogP) is 4.09. The molecule has 22 heavy (non-hydrogen) atoms. The molecule has 0 N–H and O–H groups in total. The number of hydrogen-bond acceptors (Lipinski definition) is 3. The number of carbonyl (C=O) groups is 1. The van der Waals surface area contributed by atoms with Gasteiger partial charge in [0.15, 0.2) is 5.75 Å². The van der Waals surface area contributed by atoms with E-state index in [0.717, 1.165) is 17.7 Å². The van der Waals surface area contributed by atoms with E-state index < -0.39 is 0 Å². The van der Waals surface area contributed by atoms with Crippen molar-refractivity contribution in [3.05, 3.63) is 72.3 Å². The summed E-state index contributed by atoms with van der Waals surface area (Å²) in [4.78, 5) is 14.3. The fraction of sp³-hybridized carbons (Fsp3) is 0.211. The quantitative estimate of drug-likeness (QED) is 0.457. The van der Waals surface area contributed by atoms with E-state index in [4.69, 9.17) is 4.74 Å². The number of nitrogens with zero attached hydrogens (tertiary/aromatic N) is 1. The third kappa shape index (κ3) is 3.76. The predicted molar refractivity (Wildman–Crippen MR) is 90.7 cm³/mol. The maximum absolute atomic E-state index is 12.3. The van der Waals surface area contributed by atoms with Crippen LogP contribution in [0.4, 0.5) is 5.69 Å². The minimum absolute atomic E-state index is 0.345. The van der Waals surface area contributed by atoms with Crippen LogP contribution in [0.2, 0.25) is 0 Å². The molecule has 0 radical (unpaired) electrons. The number of rotatable bonds is 6. The summed E-state index contributed by atoms with van der Waals surface area (Å²) in [6.45, 7) is 6.51. The number of likely N-dealkylation sites (N-methyl/N-ethyl adjacent to an activating group) is 1. The van der Waals surface area contributed by atoms with Crippen molar-refractivity contribution in [3.63, 3.8) is 0 Å². The summed E-state index contributed by atoms with van der Waals surface area (Å²) in [6, 6.07) is 15.0. The van der Waals surface area contributed by atoms with Crippen molar-refractivity contribution in [2.45, 2.75) is 13.3 Å². The van der Waals surface area contributed by atoms with Crippen LogP contribution in [-0.2, 0) is 6.42 Å². The van der Waals surface area contributed by atoms with Crippen LogP contribution in [0.15, 0.2) is 61.2 Å². The van der Waals surface area contributed by atoms with Gasteiger partial charge in [-0.05, 0) is 36.2 Å². The van der Waals surface area contributed by atoms with Crippen LogP contribution in [0.1, 0.15) is 22.8 Å². The molecule has 0 unspecified atom stereocenters. The van der Waals surface area contributed by atoms with Gasteiger partial charge < -0.3 is 9.64 Å². The second-order valence-corrected chi connectivity index (χ2v) is 5.08. The summed E-state index contributed by atoms with van der Waals surface area (Å²) in [7, 11) is 1.95. The van der Waals surface area contributed by atoms with Crippen LogP contribution in [0, 0.1) is 0 Å². The zero-order valence-corrected chi connectivity index (χ0v) is 13.1. The van der Waals surface area contributed by atoms with Crippen LogP contribution in [0.25, 0.3) is 0 Å². The molecule has 0 aliphatic heterocycles. The Hall–Kier alpha value is -2.55. The highest BCUT2D eigenvalue weighted by Gasteiger charge is 2.14. The lowest BCUT2D eigenvalue weighted by Crippen LogP contribution is -2.19. The average Bonchev–Trinajstić information content (AvgIpc) is 2.55. The van der Waals surface area contributed by atoms with Crippen LogP contribution in [0.3, 0.4) is 0 Å². The van der Waals surface area contributed by atoms with Crippen LogP contribution >= 0.6 is 0 Å². The van der Waals surface area contributed by atoms with E-state index in [2.05, 4.69) is 19.6 Å². The summed E-state index contributed by atoms with van der Waals surface area (Å²) >= 11 is 0. The molecule has 0 spiro atoms. The summed E-state index contributed by atoms with van der Waals surface area (Å²) in [5.74, 6) is 0.236. The molecule has 0 fully saturated rings. The van der Waals surface area contributed by atoms with Gasteiger partial charge in [0.1, 0.15) is 0 Å². The molecule has 0 bridgehead atoms. The Kier molecular flexibility index (Phi) is 5.37. The maximum Gasteiger partial charge on any atom is 0.343 e. The highest BCUT2D eigenvalue weighted by molar-refractivity contribution is 5.91. The maximum atomic E-state index is 12.3. The Morgan fingerprint density at radius 3 is 2.59 bits per heavy atom. The number of esters is 1. The highest BCUT2D eigenvalue weighted by atomic mass is 16.5. The number of benzene rings is 2. The Balaban J connectivity index is 2.31. The molecule has 0 saturated carbocycles. The third-order valence-corrected chi connectivity index (χ3v) is 3.46. The molecular formula is C19H21NO2. The number of carbonyl (C=O) groups excluding carboxylic acids is 1. The smallest absolute Gasteiger partial charge is 0.343 e. The van der Waals surface area contributed by atoms with Crippen LogP contribution in [0.5, 0.6) is 5.75 Å². The Morgan fingerprint density at radius 2 is 1.95 bits per heavy atom. The molecule has 0 aromatic heterocycles. The molecule has 0 aliphatic rings. The van der Waals surface area contributed by atoms with Crippen molar-refractivity contribution in [3.8, 4) is 5.75 Å². The van der Waals surface area contributed by atoms with Crippen molar-refractivity contribution in [1.82, 2.24) is 0 Å². The lowest BCUT2D eigenvalue weighted by atomic mass is 10.1. The lowest BCUT2D eigenvalue weighted by Gasteiger charge is -2.21. The normalized spacial score (nSPS) is 10.1. The fourth-order valence-corrected chi connectivity index (χ4v) is 2.20. The second-order valence-electron chi connectivity index (χ2n) is 5.08. The van der Waals surface area contributed by atoms with Gasteiger partial charge in [-0.15, -0.1) is 6.58 Å². The van der Waals surface area contributed by atoms with Gasteiger partial charge in [-0.25, -0.2) is 4.79 Å². The number of hydrogen-bond donors (Lipinski definition) is 0. The average molecular weight is 295 g/mol. The summed E-state index contributed by atoms with van der Waals surface area (Å²) in [5, 5.41) is 0. The topological polar surface area (TPSA) is 29.5 Å². The van der Waals surface area contributed by atoms with Crippen molar-refractivity contribution >= 4 is 11.7 Å². The van der Waals surface area contributed by atoms with Crippen LogP contribution < -0.4 is 9.64 Å². The van der Waals surface area contributed by atoms with E-state index in [1.807, 2.05) is 48.4 Å². The van der Waals surface area contributed by atoms with E-state index in [1.165, 1.54) is 0 Å². The van der Waals surface area contributed by atoms with Gasteiger partial charge in [-0.2, -0.15) is 0 Å². The molecule has 2 aromatic carbocycles. The zero-order chi connectivity index (χ0) is 15.9. The molecule has 0 heterocycles. The van der Waals surface area contributed by atoms with E-state index in [9.17, 15) is 4.79 Å². The lowest BCUT2D eigenvalue weighted by molar-refractivity contribution is 0.0735. The third-order valence-electron chi connectivity index (χ3n) is 3.46. The first kappa shape index (κ1) is 15.8. The van der Waals surface area contributed by atoms with Crippen molar-refractivity contribution in [2.24, 2.45) is 0 Å². The SMILES string of the molecule is C=CCN(C)c1ccc(CC)cc1OC(=O)c1ccccc1. The van der Waals surface area contributed by atoms with E-state index in [0.29, 0.717) is 17.9 Å². The Bertz CT molecular complexity index is 650. The summed E-state index contributed by atoms with van der Waals surface area (Å²) in [5.41, 5.74) is 2.55. The molecule has 114 valence electrons. The Morgan fingerprint density at radius 1 is 1.23 bits per heavy atom. The van der Waals surface area contributed by atoms with Crippen molar-refractivity contribution in [2.75, 3.05) is 18.5 Å². The van der Waals surface area contributed by atoms with Crippen molar-refractivity contribution < 1.29 is 9.53 Å². The number of anilines is 1. The molecule has 0 atom stereocenters. The van der Waals surface area contributed by atoms with Crippen LogP contribution in [-0.4, -0.2) is 19.6 Å². The van der Waals surface area contributed by atoms with Gasteiger partial charge >= 0.3 is 5.97 Å². The van der Waals surface area contributed by atoms with Gasteiger partial charge in [0.05, 0.1) is 11.3 Å². The monoisotopic (exact) mass is 295 g/mol. The standard InChI is InChI=1S/C19H21NO2/c1-4-13-20(3)17-12-11-15(5-2)14-18(17)22-19(21)16-9-7-6-8-10-16/h4,6-12,14H,1,5,13H2,2-3H3. The van der Waals surface area contributed by atoms with Gasteiger partial charge in [0.2, 0.25) is 0 Å². The molecular weight excluding hydrogens is 274 g/mol. The molecule has 0 amide bonds. The fourth-order valence-electron chi connectivity index (χ4n) is 2.20. The first-order valence-corrected chi connectivity index (χ1v) is 7.38. The largest absolute Gasteiger partial charge is 0.421 e. The minimum Gasteiger partial charge on any atom is -0.421 e. The van der Waals surface area contributed by atoms with Crippen molar-refractivity contribution in [1.29, 1.82) is 0 Å². The summed E-state index contributed by atoms with van der Waals surface area (Å²) in [6.07, 6.45) is 2.71. The Labute approximate surface area is 131 Å². The summed E-state index contributed by atoms with van der Waals surface area (Å²) < 4.78 is 5.63. The minimum atomic E-state index is -0.345. The molecule has 3 nitrogen and oxygen atoms in total.